The van der Waals surface area contributed by atoms with E-state index < -0.39 is 0 Å². The predicted molar refractivity (Wildman–Crippen MR) is 127 cm³/mol. The summed E-state index contributed by atoms with van der Waals surface area (Å²) in [4.78, 5) is 16.7. The molecule has 8 heteroatoms. The lowest BCUT2D eigenvalue weighted by Gasteiger charge is -2.25. The normalized spacial score (nSPS) is 14.7. The molecular weight excluding hydrogens is 432 g/mol. The number of fused-ring (bicyclic) bond motifs is 1. The lowest BCUT2D eigenvalue weighted by molar-refractivity contribution is 0.248. The van der Waals surface area contributed by atoms with Crippen molar-refractivity contribution in [3.63, 3.8) is 0 Å². The van der Waals surface area contributed by atoms with Crippen LogP contribution in [0.15, 0.2) is 42.7 Å². The average Bonchev–Trinajstić information content (AvgIpc) is 3.39. The van der Waals surface area contributed by atoms with Gasteiger partial charge in [-0.05, 0) is 55.8 Å². The first kappa shape index (κ1) is 21.7. The van der Waals surface area contributed by atoms with E-state index in [4.69, 9.17) is 16.3 Å². The lowest BCUT2D eigenvalue weighted by atomic mass is 9.96. The molecule has 0 bridgehead atoms. The Morgan fingerprint density at radius 3 is 2.81 bits per heavy atom. The minimum atomic E-state index is -0.279. The first-order valence-electron chi connectivity index (χ1n) is 10.4. The van der Waals surface area contributed by atoms with Crippen LogP contribution in [-0.4, -0.2) is 36.2 Å². The number of amides is 2. The molecule has 1 atom stereocenters. The molecular formula is C23H27ClN4O2S. The van der Waals surface area contributed by atoms with Gasteiger partial charge in [0.05, 0.1) is 18.8 Å². The maximum Gasteiger partial charge on any atom is 0.319 e. The van der Waals surface area contributed by atoms with E-state index in [-0.39, 0.29) is 12.1 Å². The number of carbonyl (C=O) groups is 1. The number of likely N-dealkylation sites (N-methyl/N-ethyl adjacent to an activating group) is 1. The zero-order valence-corrected chi connectivity index (χ0v) is 19.5. The van der Waals surface area contributed by atoms with Crippen molar-refractivity contribution in [3.8, 4) is 10.8 Å². The highest BCUT2D eigenvalue weighted by atomic mass is 35.5. The number of carbonyl (C=O) groups excluding carboxylic acids is 1. The summed E-state index contributed by atoms with van der Waals surface area (Å²) in [7, 11) is 3.72. The van der Waals surface area contributed by atoms with E-state index in [1.807, 2.05) is 23.5 Å². The number of ether oxygens (including phenoxy) is 1. The van der Waals surface area contributed by atoms with Crippen molar-refractivity contribution in [2.45, 2.75) is 32.4 Å². The number of methoxy groups -OCH3 is 1. The van der Waals surface area contributed by atoms with Crippen molar-refractivity contribution in [3.05, 3.63) is 63.8 Å². The summed E-state index contributed by atoms with van der Waals surface area (Å²) < 4.78 is 7.50. The van der Waals surface area contributed by atoms with Crippen molar-refractivity contribution < 1.29 is 9.53 Å². The van der Waals surface area contributed by atoms with E-state index in [9.17, 15) is 4.79 Å². The van der Waals surface area contributed by atoms with E-state index in [2.05, 4.69) is 46.5 Å². The highest BCUT2D eigenvalue weighted by Crippen LogP contribution is 2.40. The number of benzene rings is 1. The molecule has 3 heterocycles. The van der Waals surface area contributed by atoms with E-state index in [1.165, 1.54) is 21.0 Å². The van der Waals surface area contributed by atoms with E-state index in [0.29, 0.717) is 16.5 Å². The lowest BCUT2D eigenvalue weighted by Crippen LogP contribution is -2.34. The quantitative estimate of drug-likeness (QED) is 0.515. The van der Waals surface area contributed by atoms with Gasteiger partial charge in [0.2, 0.25) is 0 Å². The van der Waals surface area contributed by atoms with Gasteiger partial charge in [-0.1, -0.05) is 18.5 Å². The van der Waals surface area contributed by atoms with Crippen LogP contribution in [0.5, 0.6) is 5.75 Å². The Morgan fingerprint density at radius 1 is 1.32 bits per heavy atom. The van der Waals surface area contributed by atoms with Gasteiger partial charge in [0, 0.05) is 40.9 Å². The molecule has 2 aromatic heterocycles. The molecule has 0 spiro atoms. The Labute approximate surface area is 191 Å². The first-order valence-corrected chi connectivity index (χ1v) is 11.6. The van der Waals surface area contributed by atoms with Crippen LogP contribution >= 0.6 is 22.9 Å². The van der Waals surface area contributed by atoms with Crippen LogP contribution in [-0.2, 0) is 13.0 Å². The molecule has 1 unspecified atom stereocenters. The van der Waals surface area contributed by atoms with Gasteiger partial charge in [-0.25, -0.2) is 4.79 Å². The summed E-state index contributed by atoms with van der Waals surface area (Å²) in [6.45, 7) is 4.06. The van der Waals surface area contributed by atoms with E-state index in [1.54, 1.807) is 25.3 Å². The van der Waals surface area contributed by atoms with Crippen molar-refractivity contribution in [2.75, 3.05) is 26.0 Å². The summed E-state index contributed by atoms with van der Waals surface area (Å²) in [6, 6.07) is 8.84. The maximum absolute atomic E-state index is 12.9. The fourth-order valence-corrected chi connectivity index (χ4v) is 5.66. The molecule has 6 nitrogen and oxygen atoms in total. The van der Waals surface area contributed by atoms with Crippen LogP contribution in [0.4, 0.5) is 10.5 Å². The SMILES string of the molecule is CCC(NC(=O)Nc1cc(Cl)ccc1OC)c1c(-n2cccc2)sc2c1CCN(C)C2. The number of nitrogens with one attached hydrogen (secondary N) is 2. The summed E-state index contributed by atoms with van der Waals surface area (Å²) >= 11 is 7.93. The Balaban J connectivity index is 1.63. The Bertz CT molecular complexity index is 1060. The fraction of sp³-hybridized carbons (Fsp3) is 0.348. The molecule has 0 aliphatic carbocycles. The number of anilines is 1. The van der Waals surface area contributed by atoms with Gasteiger partial charge < -0.3 is 24.8 Å². The smallest absolute Gasteiger partial charge is 0.319 e. The van der Waals surface area contributed by atoms with Gasteiger partial charge in [-0.2, -0.15) is 0 Å². The zero-order valence-electron chi connectivity index (χ0n) is 17.9. The molecule has 2 N–H and O–H groups in total. The Kier molecular flexibility index (Phi) is 6.55. The predicted octanol–water partition coefficient (Wildman–Crippen LogP) is 5.46. The van der Waals surface area contributed by atoms with Gasteiger partial charge in [0.15, 0.2) is 0 Å². The van der Waals surface area contributed by atoms with Gasteiger partial charge >= 0.3 is 6.03 Å². The van der Waals surface area contributed by atoms with Crippen molar-refractivity contribution in [1.29, 1.82) is 0 Å². The summed E-state index contributed by atoms with van der Waals surface area (Å²) in [5.41, 5.74) is 3.14. The largest absolute Gasteiger partial charge is 0.495 e. The minimum absolute atomic E-state index is 0.106. The maximum atomic E-state index is 12.9. The number of hydrogen-bond donors (Lipinski definition) is 2. The van der Waals surface area contributed by atoms with Crippen LogP contribution < -0.4 is 15.4 Å². The first-order chi connectivity index (χ1) is 15.0. The monoisotopic (exact) mass is 458 g/mol. The van der Waals surface area contributed by atoms with E-state index >= 15 is 0 Å². The zero-order chi connectivity index (χ0) is 22.0. The third kappa shape index (κ3) is 4.59. The van der Waals surface area contributed by atoms with E-state index in [0.717, 1.165) is 25.9 Å². The molecule has 2 amide bonds. The summed E-state index contributed by atoms with van der Waals surface area (Å²) in [5, 5.41) is 7.80. The molecule has 164 valence electrons. The number of thiophene rings is 1. The number of hydrogen-bond acceptors (Lipinski definition) is 4. The Morgan fingerprint density at radius 2 is 2.10 bits per heavy atom. The second kappa shape index (κ2) is 9.34. The Hall–Kier alpha value is -2.48. The molecule has 1 aromatic carbocycles. The second-order valence-electron chi connectivity index (χ2n) is 7.70. The van der Waals surface area contributed by atoms with Crippen molar-refractivity contribution in [1.82, 2.24) is 14.8 Å². The van der Waals surface area contributed by atoms with Crippen molar-refractivity contribution >= 4 is 34.7 Å². The minimum Gasteiger partial charge on any atom is -0.495 e. The third-order valence-electron chi connectivity index (χ3n) is 5.58. The number of aromatic nitrogens is 1. The number of nitrogens with zero attached hydrogens (tertiary/aromatic N) is 2. The van der Waals surface area contributed by atoms with Gasteiger partial charge in [-0.15, -0.1) is 11.3 Å². The molecule has 31 heavy (non-hydrogen) atoms. The fourth-order valence-electron chi connectivity index (χ4n) is 4.04. The molecule has 0 fully saturated rings. The number of halogens is 1. The molecule has 1 aliphatic rings. The standard InChI is InChI=1S/C23H27ClN4O2S/c1-4-17(25-23(29)26-18-13-15(24)7-8-19(18)30-3)21-16-9-12-27(2)14-20(16)31-22(21)28-10-5-6-11-28/h5-8,10-11,13,17H,4,9,12,14H2,1-3H3,(H2,25,26,29). The van der Waals surface area contributed by atoms with Gasteiger partial charge in [-0.3, -0.25) is 0 Å². The molecule has 0 saturated heterocycles. The van der Waals surface area contributed by atoms with Crippen LogP contribution in [0, 0.1) is 0 Å². The van der Waals surface area contributed by atoms with Crippen LogP contribution in [0.1, 0.15) is 35.4 Å². The highest BCUT2D eigenvalue weighted by Gasteiger charge is 2.28. The van der Waals surface area contributed by atoms with Gasteiger partial charge in [0.1, 0.15) is 10.8 Å². The highest BCUT2D eigenvalue weighted by molar-refractivity contribution is 7.15. The molecule has 4 rings (SSSR count). The average molecular weight is 459 g/mol. The second-order valence-corrected chi connectivity index (χ2v) is 9.22. The number of rotatable bonds is 6. The van der Waals surface area contributed by atoms with Gasteiger partial charge in [0.25, 0.3) is 0 Å². The topological polar surface area (TPSA) is 58.5 Å². The molecule has 0 radical (unpaired) electrons. The molecule has 1 aliphatic heterocycles. The third-order valence-corrected chi connectivity index (χ3v) is 7.06. The van der Waals surface area contributed by atoms with Crippen LogP contribution in [0.25, 0.3) is 5.00 Å². The van der Waals surface area contributed by atoms with Crippen LogP contribution in [0.3, 0.4) is 0 Å². The van der Waals surface area contributed by atoms with Crippen LogP contribution in [0.2, 0.25) is 5.02 Å². The molecule has 3 aromatic rings. The van der Waals surface area contributed by atoms with Crippen molar-refractivity contribution in [2.24, 2.45) is 0 Å². The summed E-state index contributed by atoms with van der Waals surface area (Å²) in [6.07, 6.45) is 5.90. The molecule has 0 saturated carbocycles. The number of urea groups is 1. The summed E-state index contributed by atoms with van der Waals surface area (Å²) in [5.74, 6) is 0.566.